The molecule has 0 saturated heterocycles. The van der Waals surface area contributed by atoms with Crippen LogP contribution in [0.2, 0.25) is 0 Å². The third-order valence-corrected chi connectivity index (χ3v) is 7.32. The zero-order valence-corrected chi connectivity index (χ0v) is 21.2. The second kappa shape index (κ2) is 9.76. The van der Waals surface area contributed by atoms with E-state index in [9.17, 15) is 19.1 Å². The Morgan fingerprint density at radius 3 is 2.65 bits per heavy atom. The number of amides is 1. The maximum atomic E-state index is 14.4. The van der Waals surface area contributed by atoms with Gasteiger partial charge in [-0.3, -0.25) is 9.59 Å². The summed E-state index contributed by atoms with van der Waals surface area (Å²) < 4.78 is 16.2. The molecular weight excluding hydrogens is 471 g/mol. The lowest BCUT2D eigenvalue weighted by atomic mass is 9.83. The summed E-state index contributed by atoms with van der Waals surface area (Å²) in [6.07, 6.45) is 0.577. The number of carboxylic acids is 1. The molecule has 3 aromatic carbocycles. The van der Waals surface area contributed by atoms with Gasteiger partial charge in [0.1, 0.15) is 11.3 Å². The summed E-state index contributed by atoms with van der Waals surface area (Å²) >= 11 is 0. The number of halogens is 1. The Labute approximate surface area is 214 Å². The third-order valence-electron chi connectivity index (χ3n) is 7.32. The van der Waals surface area contributed by atoms with Crippen molar-refractivity contribution in [2.75, 3.05) is 6.54 Å². The molecule has 0 bridgehead atoms. The van der Waals surface area contributed by atoms with Gasteiger partial charge in [0.25, 0.3) is 5.91 Å². The summed E-state index contributed by atoms with van der Waals surface area (Å²) in [5, 5.41) is 18.3. The maximum Gasteiger partial charge on any atom is 0.304 e. The number of carboxylic acid groups (broad SMARTS) is 1. The molecule has 0 fully saturated rings. The smallest absolute Gasteiger partial charge is 0.304 e. The Bertz CT molecular complexity index is 1530. The van der Waals surface area contributed by atoms with Gasteiger partial charge in [0.15, 0.2) is 0 Å². The van der Waals surface area contributed by atoms with Crippen LogP contribution in [0.25, 0.3) is 11.0 Å². The van der Waals surface area contributed by atoms with E-state index in [1.54, 1.807) is 17.0 Å². The average Bonchev–Trinajstić information content (AvgIpc) is 3.32. The molecule has 1 amide bonds. The second-order valence-corrected chi connectivity index (χ2v) is 9.69. The molecule has 8 heteroatoms. The van der Waals surface area contributed by atoms with E-state index in [2.05, 4.69) is 10.3 Å². The number of rotatable bonds is 6. The molecule has 0 spiro atoms. The standard InChI is InChI=1S/C29H29FN4O3/c1-4-34-26-10-8-22(18(3)28(26)31-32-34)23(15-27(35)36)20-7-6-19-11-12-33(16-21(19)14-20)29(37)24-13-17(2)5-9-25(24)30/h5-10,13-14,23H,4,11-12,15-16H2,1-3H3,(H,35,36)/t23-/m0/s1. The minimum Gasteiger partial charge on any atom is -0.481 e. The van der Waals surface area contributed by atoms with Gasteiger partial charge in [0.2, 0.25) is 0 Å². The molecule has 1 N–H and O–H groups in total. The number of carbonyl (C=O) groups excluding carboxylic acids is 1. The highest BCUT2D eigenvalue weighted by atomic mass is 19.1. The van der Waals surface area contributed by atoms with Crippen LogP contribution in [0.4, 0.5) is 4.39 Å². The highest BCUT2D eigenvalue weighted by Gasteiger charge is 2.27. The Morgan fingerprint density at radius 1 is 1.08 bits per heavy atom. The van der Waals surface area contributed by atoms with Crippen LogP contribution in [-0.2, 0) is 24.3 Å². The number of aromatic nitrogens is 3. The van der Waals surface area contributed by atoms with E-state index in [1.165, 1.54) is 6.07 Å². The first-order valence-corrected chi connectivity index (χ1v) is 12.5. The van der Waals surface area contributed by atoms with Crippen LogP contribution in [0.5, 0.6) is 0 Å². The zero-order valence-electron chi connectivity index (χ0n) is 21.2. The summed E-state index contributed by atoms with van der Waals surface area (Å²) in [5.74, 6) is -2.15. The normalized spacial score (nSPS) is 14.0. The van der Waals surface area contributed by atoms with Crippen molar-refractivity contribution < 1.29 is 19.1 Å². The van der Waals surface area contributed by atoms with Crippen LogP contribution in [0, 0.1) is 19.7 Å². The number of benzene rings is 3. The lowest BCUT2D eigenvalue weighted by Gasteiger charge is -2.30. The highest BCUT2D eigenvalue weighted by Crippen LogP contribution is 2.35. The van der Waals surface area contributed by atoms with Crippen LogP contribution in [0.3, 0.4) is 0 Å². The molecule has 190 valence electrons. The first-order valence-electron chi connectivity index (χ1n) is 12.5. The van der Waals surface area contributed by atoms with Gasteiger partial charge in [-0.15, -0.1) is 5.10 Å². The van der Waals surface area contributed by atoms with Crippen molar-refractivity contribution in [1.29, 1.82) is 0 Å². The van der Waals surface area contributed by atoms with E-state index in [0.29, 0.717) is 26.1 Å². The lowest BCUT2D eigenvalue weighted by molar-refractivity contribution is -0.137. The van der Waals surface area contributed by atoms with Gasteiger partial charge in [-0.05, 0) is 73.2 Å². The molecule has 1 atom stereocenters. The predicted octanol–water partition coefficient (Wildman–Crippen LogP) is 5.01. The Hall–Kier alpha value is -4.07. The molecule has 0 aliphatic carbocycles. The van der Waals surface area contributed by atoms with E-state index in [0.717, 1.165) is 44.4 Å². The van der Waals surface area contributed by atoms with Crippen LogP contribution >= 0.6 is 0 Å². The van der Waals surface area contributed by atoms with Crippen molar-refractivity contribution in [2.45, 2.75) is 52.6 Å². The molecule has 37 heavy (non-hydrogen) atoms. The monoisotopic (exact) mass is 500 g/mol. The van der Waals surface area contributed by atoms with E-state index in [4.69, 9.17) is 0 Å². The number of carbonyl (C=O) groups is 2. The van der Waals surface area contributed by atoms with Gasteiger partial charge in [-0.1, -0.05) is 41.1 Å². The topological polar surface area (TPSA) is 88.3 Å². The van der Waals surface area contributed by atoms with E-state index >= 15 is 0 Å². The molecule has 0 saturated carbocycles. The molecule has 0 radical (unpaired) electrons. The molecule has 1 aromatic heterocycles. The number of hydrogen-bond donors (Lipinski definition) is 1. The van der Waals surface area contributed by atoms with Crippen molar-refractivity contribution in [3.8, 4) is 0 Å². The number of aliphatic carboxylic acids is 1. The first kappa shape index (κ1) is 24.6. The molecule has 2 heterocycles. The lowest BCUT2D eigenvalue weighted by Crippen LogP contribution is -2.36. The summed E-state index contributed by atoms with van der Waals surface area (Å²) in [4.78, 5) is 26.7. The fraction of sp³-hybridized carbons (Fsp3) is 0.310. The largest absolute Gasteiger partial charge is 0.481 e. The molecule has 1 aliphatic heterocycles. The van der Waals surface area contributed by atoms with Gasteiger partial charge >= 0.3 is 5.97 Å². The van der Waals surface area contributed by atoms with E-state index in [-0.39, 0.29) is 23.8 Å². The summed E-state index contributed by atoms with van der Waals surface area (Å²) in [7, 11) is 0. The van der Waals surface area contributed by atoms with Crippen molar-refractivity contribution in [3.63, 3.8) is 0 Å². The van der Waals surface area contributed by atoms with E-state index in [1.807, 2.05) is 55.8 Å². The number of aryl methyl sites for hydroxylation is 3. The maximum absolute atomic E-state index is 14.4. The van der Waals surface area contributed by atoms with Crippen LogP contribution < -0.4 is 0 Å². The molecule has 4 aromatic rings. The van der Waals surface area contributed by atoms with E-state index < -0.39 is 11.8 Å². The Kier molecular flexibility index (Phi) is 6.50. The van der Waals surface area contributed by atoms with Gasteiger partial charge in [-0.25, -0.2) is 9.07 Å². The summed E-state index contributed by atoms with van der Waals surface area (Å²) in [6.45, 7) is 7.33. The minimum absolute atomic E-state index is 0.0763. The van der Waals surface area contributed by atoms with Crippen molar-refractivity contribution in [1.82, 2.24) is 19.9 Å². The quantitative estimate of drug-likeness (QED) is 0.402. The average molecular weight is 501 g/mol. The molecule has 5 rings (SSSR count). The molecular formula is C29H29FN4O3. The van der Waals surface area contributed by atoms with Crippen molar-refractivity contribution >= 4 is 22.9 Å². The van der Waals surface area contributed by atoms with Gasteiger partial charge < -0.3 is 10.0 Å². The third kappa shape index (κ3) is 4.59. The Morgan fingerprint density at radius 2 is 1.89 bits per heavy atom. The molecule has 0 unspecified atom stereocenters. The summed E-state index contributed by atoms with van der Waals surface area (Å²) in [5.41, 5.74) is 7.32. The summed E-state index contributed by atoms with van der Waals surface area (Å²) in [6, 6.07) is 14.5. The SMILES string of the molecule is CCn1nnc2c(C)c([C@@H](CC(=O)O)c3ccc4c(c3)CN(C(=O)c3cc(C)ccc3F)CC4)ccc21. The van der Waals surface area contributed by atoms with Crippen LogP contribution in [-0.4, -0.2) is 43.4 Å². The fourth-order valence-corrected chi connectivity index (χ4v) is 5.32. The predicted molar refractivity (Wildman–Crippen MR) is 138 cm³/mol. The van der Waals surface area contributed by atoms with Crippen molar-refractivity contribution in [2.24, 2.45) is 0 Å². The molecule has 1 aliphatic rings. The first-order chi connectivity index (χ1) is 17.8. The van der Waals surface area contributed by atoms with Crippen molar-refractivity contribution in [3.05, 3.63) is 93.3 Å². The Balaban J connectivity index is 1.50. The number of hydrogen-bond acceptors (Lipinski definition) is 4. The molecule has 7 nitrogen and oxygen atoms in total. The number of nitrogens with zero attached hydrogens (tertiary/aromatic N) is 4. The van der Waals surface area contributed by atoms with Gasteiger partial charge in [-0.2, -0.15) is 0 Å². The minimum atomic E-state index is -0.897. The van der Waals surface area contributed by atoms with Gasteiger partial charge in [0.05, 0.1) is 17.5 Å². The number of fused-ring (bicyclic) bond motifs is 2. The zero-order chi connectivity index (χ0) is 26.3. The van der Waals surface area contributed by atoms with Gasteiger partial charge in [0, 0.05) is 25.6 Å². The van der Waals surface area contributed by atoms with Crippen LogP contribution in [0.15, 0.2) is 48.5 Å². The second-order valence-electron chi connectivity index (χ2n) is 9.69. The highest BCUT2D eigenvalue weighted by molar-refractivity contribution is 5.94. The van der Waals surface area contributed by atoms with Crippen LogP contribution in [0.1, 0.15) is 63.0 Å². The fourth-order valence-electron chi connectivity index (χ4n) is 5.32.